The molecule has 0 aliphatic carbocycles. The van der Waals surface area contributed by atoms with E-state index in [-0.39, 0.29) is 5.56 Å². The van der Waals surface area contributed by atoms with Crippen LogP contribution in [-0.4, -0.2) is 14.8 Å². The van der Waals surface area contributed by atoms with Gasteiger partial charge < -0.3 is 0 Å². The van der Waals surface area contributed by atoms with Gasteiger partial charge in [-0.15, -0.1) is 0 Å². The van der Waals surface area contributed by atoms with Crippen molar-refractivity contribution in [3.05, 3.63) is 45.9 Å². The maximum absolute atomic E-state index is 11.4. The Labute approximate surface area is 93.6 Å². The molecule has 0 unspecified atom stereocenters. The van der Waals surface area contributed by atoms with Crippen LogP contribution in [0.5, 0.6) is 0 Å². The van der Waals surface area contributed by atoms with Gasteiger partial charge in [0.15, 0.2) is 5.82 Å². The minimum Gasteiger partial charge on any atom is -0.265 e. The molecule has 82 valence electrons. The number of hydrogen-bond acceptors (Lipinski definition) is 3. The van der Waals surface area contributed by atoms with Gasteiger partial charge in [0.05, 0.1) is 0 Å². The Balaban J connectivity index is 2.60. The molecule has 4 nitrogen and oxygen atoms in total. The van der Waals surface area contributed by atoms with E-state index in [9.17, 15) is 4.79 Å². The van der Waals surface area contributed by atoms with Crippen LogP contribution >= 0.6 is 0 Å². The monoisotopic (exact) mass is 215 g/mol. The first-order valence-electron chi connectivity index (χ1n) is 5.07. The van der Waals surface area contributed by atoms with Crippen LogP contribution in [0.15, 0.2) is 29.1 Å². The Morgan fingerprint density at radius 3 is 2.38 bits per heavy atom. The molecule has 0 amide bonds. The first-order valence-corrected chi connectivity index (χ1v) is 5.07. The molecule has 0 aliphatic heterocycles. The molecule has 16 heavy (non-hydrogen) atoms. The van der Waals surface area contributed by atoms with Gasteiger partial charge in [0.2, 0.25) is 0 Å². The summed E-state index contributed by atoms with van der Waals surface area (Å²) < 4.78 is 1.63. The summed E-state index contributed by atoms with van der Waals surface area (Å²) in [7, 11) is 1.79. The fraction of sp³-hybridized carbons (Fsp3) is 0.250. The van der Waals surface area contributed by atoms with E-state index in [0.29, 0.717) is 11.5 Å². The van der Waals surface area contributed by atoms with Crippen molar-refractivity contribution in [2.24, 2.45) is 7.05 Å². The molecule has 4 heteroatoms. The highest BCUT2D eigenvalue weighted by Gasteiger charge is 2.06. The zero-order valence-corrected chi connectivity index (χ0v) is 9.56. The first-order chi connectivity index (χ1) is 7.58. The minimum atomic E-state index is -0.270. The lowest BCUT2D eigenvalue weighted by Gasteiger charge is -2.06. The summed E-state index contributed by atoms with van der Waals surface area (Å²) in [4.78, 5) is 15.5. The molecule has 0 bridgehead atoms. The number of hydrogen-bond donors (Lipinski definition) is 0. The SMILES string of the molecule is Cc1ccc(-c2nc(=O)c(C)nn2C)cc1. The molecule has 0 aliphatic rings. The fourth-order valence-corrected chi connectivity index (χ4v) is 1.52. The lowest BCUT2D eigenvalue weighted by Crippen LogP contribution is -2.19. The summed E-state index contributed by atoms with van der Waals surface area (Å²) in [6.45, 7) is 3.68. The second-order valence-electron chi connectivity index (χ2n) is 3.82. The maximum Gasteiger partial charge on any atom is 0.294 e. The van der Waals surface area contributed by atoms with Gasteiger partial charge in [0, 0.05) is 12.6 Å². The van der Waals surface area contributed by atoms with Crippen LogP contribution in [0.2, 0.25) is 0 Å². The van der Waals surface area contributed by atoms with Crippen molar-refractivity contribution in [2.45, 2.75) is 13.8 Å². The van der Waals surface area contributed by atoms with Crippen molar-refractivity contribution < 1.29 is 0 Å². The largest absolute Gasteiger partial charge is 0.294 e. The van der Waals surface area contributed by atoms with E-state index in [1.807, 2.05) is 31.2 Å². The summed E-state index contributed by atoms with van der Waals surface area (Å²) in [6, 6.07) is 7.85. The van der Waals surface area contributed by atoms with E-state index >= 15 is 0 Å². The second-order valence-corrected chi connectivity index (χ2v) is 3.82. The predicted molar refractivity (Wildman–Crippen MR) is 62.2 cm³/mol. The molecule has 0 fully saturated rings. The highest BCUT2D eigenvalue weighted by Crippen LogP contribution is 2.14. The maximum atomic E-state index is 11.4. The minimum absolute atomic E-state index is 0.270. The van der Waals surface area contributed by atoms with Gasteiger partial charge in [-0.25, -0.2) is 4.68 Å². The number of rotatable bonds is 1. The average molecular weight is 215 g/mol. The van der Waals surface area contributed by atoms with Crippen LogP contribution in [0, 0.1) is 13.8 Å². The molecule has 0 atom stereocenters. The van der Waals surface area contributed by atoms with Crippen LogP contribution < -0.4 is 5.56 Å². The van der Waals surface area contributed by atoms with Crippen LogP contribution in [0.1, 0.15) is 11.3 Å². The van der Waals surface area contributed by atoms with Crippen molar-refractivity contribution in [3.63, 3.8) is 0 Å². The molecule has 1 heterocycles. The average Bonchev–Trinajstić information content (AvgIpc) is 2.25. The lowest BCUT2D eigenvalue weighted by atomic mass is 10.1. The number of benzene rings is 1. The normalized spacial score (nSPS) is 10.4. The standard InChI is InChI=1S/C12H13N3O/c1-8-4-6-10(7-5-8)11-13-12(16)9(2)14-15(11)3/h4-7H,1-3H3. The highest BCUT2D eigenvalue weighted by molar-refractivity contribution is 5.55. The zero-order chi connectivity index (χ0) is 11.7. The topological polar surface area (TPSA) is 47.8 Å². The van der Waals surface area contributed by atoms with Crippen molar-refractivity contribution in [2.75, 3.05) is 0 Å². The van der Waals surface area contributed by atoms with E-state index in [1.165, 1.54) is 5.56 Å². The molecule has 0 saturated carbocycles. The van der Waals surface area contributed by atoms with E-state index in [1.54, 1.807) is 18.7 Å². The number of nitrogens with zero attached hydrogens (tertiary/aromatic N) is 3. The summed E-state index contributed by atoms with van der Waals surface area (Å²) in [5.41, 5.74) is 2.22. The predicted octanol–water partition coefficient (Wildman–Crippen LogP) is 1.46. The summed E-state index contributed by atoms with van der Waals surface area (Å²) >= 11 is 0. The van der Waals surface area contributed by atoms with Crippen LogP contribution in [-0.2, 0) is 7.05 Å². The van der Waals surface area contributed by atoms with Crippen molar-refractivity contribution >= 4 is 0 Å². The quantitative estimate of drug-likeness (QED) is 0.723. The molecule has 0 radical (unpaired) electrons. The summed E-state index contributed by atoms with van der Waals surface area (Å²) in [5, 5.41) is 4.11. The van der Waals surface area contributed by atoms with Gasteiger partial charge in [-0.2, -0.15) is 10.1 Å². The third-order valence-electron chi connectivity index (χ3n) is 2.43. The van der Waals surface area contributed by atoms with Gasteiger partial charge >= 0.3 is 0 Å². The van der Waals surface area contributed by atoms with E-state index in [4.69, 9.17) is 0 Å². The molecular weight excluding hydrogens is 202 g/mol. The number of aryl methyl sites for hydroxylation is 3. The molecule has 1 aromatic heterocycles. The Morgan fingerprint density at radius 1 is 1.12 bits per heavy atom. The zero-order valence-electron chi connectivity index (χ0n) is 9.56. The Hall–Kier alpha value is -1.97. The summed E-state index contributed by atoms with van der Waals surface area (Å²) in [6.07, 6.45) is 0. The van der Waals surface area contributed by atoms with Crippen LogP contribution in [0.3, 0.4) is 0 Å². The molecule has 2 aromatic rings. The molecular formula is C12H13N3O. The van der Waals surface area contributed by atoms with Gasteiger partial charge in [0.25, 0.3) is 5.56 Å². The van der Waals surface area contributed by atoms with Gasteiger partial charge in [-0.05, 0) is 13.8 Å². The lowest BCUT2D eigenvalue weighted by molar-refractivity contribution is 0.697. The molecule has 0 saturated heterocycles. The molecule has 2 rings (SSSR count). The van der Waals surface area contributed by atoms with Crippen molar-refractivity contribution in [3.8, 4) is 11.4 Å². The van der Waals surface area contributed by atoms with Gasteiger partial charge in [0.1, 0.15) is 5.69 Å². The Kier molecular flexibility index (Phi) is 2.56. The molecule has 0 spiro atoms. The van der Waals surface area contributed by atoms with Crippen molar-refractivity contribution in [1.82, 2.24) is 14.8 Å². The van der Waals surface area contributed by atoms with Gasteiger partial charge in [-0.3, -0.25) is 4.79 Å². The van der Waals surface area contributed by atoms with Crippen molar-refractivity contribution in [1.29, 1.82) is 0 Å². The van der Waals surface area contributed by atoms with Crippen LogP contribution in [0.25, 0.3) is 11.4 Å². The second kappa shape index (κ2) is 3.89. The Bertz CT molecular complexity index is 570. The first kappa shape index (κ1) is 10.5. The van der Waals surface area contributed by atoms with Gasteiger partial charge in [-0.1, -0.05) is 29.8 Å². The summed E-state index contributed by atoms with van der Waals surface area (Å²) in [5.74, 6) is 0.593. The van der Waals surface area contributed by atoms with Crippen LogP contribution in [0.4, 0.5) is 0 Å². The van der Waals surface area contributed by atoms with E-state index in [2.05, 4.69) is 10.1 Å². The van der Waals surface area contributed by atoms with E-state index in [0.717, 1.165) is 5.56 Å². The molecule has 1 aromatic carbocycles. The third kappa shape index (κ3) is 1.86. The molecule has 0 N–H and O–H groups in total. The van der Waals surface area contributed by atoms with E-state index < -0.39 is 0 Å². The smallest absolute Gasteiger partial charge is 0.265 e. The Morgan fingerprint density at radius 2 is 1.75 bits per heavy atom. The highest BCUT2D eigenvalue weighted by atomic mass is 16.1. The fourth-order valence-electron chi connectivity index (χ4n) is 1.52. The third-order valence-corrected chi connectivity index (χ3v) is 2.43. The number of aromatic nitrogens is 3.